The highest BCUT2D eigenvalue weighted by Gasteiger charge is 2.22. The van der Waals surface area contributed by atoms with Gasteiger partial charge < -0.3 is 0 Å². The van der Waals surface area contributed by atoms with Crippen LogP contribution in [0.4, 0.5) is 0 Å². The number of fused-ring (bicyclic) bond motifs is 2. The number of nitrogens with zero attached hydrogens (tertiary/aromatic N) is 6. The fourth-order valence-electron chi connectivity index (χ4n) is 3.44. The van der Waals surface area contributed by atoms with E-state index in [0.717, 1.165) is 37.6 Å². The van der Waals surface area contributed by atoms with E-state index >= 15 is 0 Å². The molecule has 0 aliphatic carbocycles. The van der Waals surface area contributed by atoms with Gasteiger partial charge in [-0.3, -0.25) is 14.3 Å². The van der Waals surface area contributed by atoms with Gasteiger partial charge in [-0.2, -0.15) is 4.52 Å². The van der Waals surface area contributed by atoms with Gasteiger partial charge in [0.15, 0.2) is 5.82 Å². The van der Waals surface area contributed by atoms with Crippen LogP contribution in [-0.2, 0) is 25.9 Å². The van der Waals surface area contributed by atoms with E-state index in [1.54, 1.807) is 9.08 Å². The van der Waals surface area contributed by atoms with Crippen LogP contribution in [0.5, 0.6) is 0 Å². The number of hydrogen-bond acceptors (Lipinski definition) is 5. The highest BCUT2D eigenvalue weighted by Crippen LogP contribution is 2.12. The molecule has 0 saturated heterocycles. The first-order chi connectivity index (χ1) is 12.6. The third-order valence-corrected chi connectivity index (χ3v) is 4.82. The summed E-state index contributed by atoms with van der Waals surface area (Å²) in [6.45, 7) is 7.38. The van der Waals surface area contributed by atoms with Gasteiger partial charge in [0.05, 0.1) is 6.54 Å². The molecule has 1 aromatic carbocycles. The van der Waals surface area contributed by atoms with Gasteiger partial charge in [0, 0.05) is 26.1 Å². The van der Waals surface area contributed by atoms with Crippen molar-refractivity contribution >= 4 is 5.65 Å². The zero-order valence-electron chi connectivity index (χ0n) is 15.3. The molecule has 7 nitrogen and oxygen atoms in total. The van der Waals surface area contributed by atoms with Crippen LogP contribution in [0, 0.1) is 5.92 Å². The monoisotopic (exact) mass is 352 g/mol. The first kappa shape index (κ1) is 16.9. The Morgan fingerprint density at radius 1 is 1.12 bits per heavy atom. The summed E-state index contributed by atoms with van der Waals surface area (Å²) in [5.41, 5.74) is 1.58. The number of benzene rings is 1. The quantitative estimate of drug-likeness (QED) is 0.697. The predicted molar refractivity (Wildman–Crippen MR) is 99.0 cm³/mol. The van der Waals surface area contributed by atoms with Crippen LogP contribution in [0.2, 0.25) is 0 Å². The zero-order chi connectivity index (χ0) is 18.1. The molecule has 0 radical (unpaired) electrons. The fourth-order valence-corrected chi connectivity index (χ4v) is 3.44. The molecule has 136 valence electrons. The standard InChI is InChI=1S/C19H24N6O/c1-14(2)12-16-20-21-18-19(26)24-11-10-23(13-17(24)22-25(16)18)9-8-15-6-4-3-5-7-15/h3-7,14H,8-13H2,1-2H3. The van der Waals surface area contributed by atoms with Crippen LogP contribution in [0.25, 0.3) is 5.65 Å². The van der Waals surface area contributed by atoms with Gasteiger partial charge in [-0.1, -0.05) is 44.2 Å². The van der Waals surface area contributed by atoms with Gasteiger partial charge in [0.2, 0.25) is 5.65 Å². The molecule has 0 fully saturated rings. The predicted octanol–water partition coefficient (Wildman–Crippen LogP) is 1.54. The van der Waals surface area contributed by atoms with Gasteiger partial charge >= 0.3 is 0 Å². The molecule has 1 aliphatic rings. The Hall–Kier alpha value is -2.54. The largest absolute Gasteiger partial charge is 0.299 e. The van der Waals surface area contributed by atoms with E-state index in [0.29, 0.717) is 24.7 Å². The number of aromatic nitrogens is 5. The van der Waals surface area contributed by atoms with E-state index in [1.807, 2.05) is 6.07 Å². The van der Waals surface area contributed by atoms with Crippen molar-refractivity contribution in [1.29, 1.82) is 0 Å². The Kier molecular flexibility index (Phi) is 4.55. The molecule has 2 aromatic heterocycles. The lowest BCUT2D eigenvalue weighted by atomic mass is 10.1. The summed E-state index contributed by atoms with van der Waals surface area (Å²) >= 11 is 0. The Morgan fingerprint density at radius 2 is 1.92 bits per heavy atom. The fraction of sp³-hybridized carbons (Fsp3) is 0.474. The summed E-state index contributed by atoms with van der Waals surface area (Å²) in [7, 11) is 0. The normalized spacial score (nSPS) is 14.9. The van der Waals surface area contributed by atoms with Gasteiger partial charge in [0.25, 0.3) is 5.56 Å². The lowest BCUT2D eigenvalue weighted by Gasteiger charge is -2.28. The molecule has 0 amide bonds. The molecule has 0 spiro atoms. The van der Waals surface area contributed by atoms with Gasteiger partial charge in [-0.15, -0.1) is 15.3 Å². The molecule has 4 rings (SSSR count). The molecule has 0 N–H and O–H groups in total. The van der Waals surface area contributed by atoms with Crippen molar-refractivity contribution in [3.8, 4) is 0 Å². The van der Waals surface area contributed by atoms with Crippen molar-refractivity contribution in [3.05, 3.63) is 57.9 Å². The summed E-state index contributed by atoms with van der Waals surface area (Å²) in [5, 5.41) is 13.0. The van der Waals surface area contributed by atoms with E-state index in [-0.39, 0.29) is 5.56 Å². The van der Waals surface area contributed by atoms with Crippen LogP contribution in [0.1, 0.15) is 31.1 Å². The lowest BCUT2D eigenvalue weighted by molar-refractivity contribution is 0.212. The summed E-state index contributed by atoms with van der Waals surface area (Å²) in [5.74, 6) is 1.99. The number of hydrogen-bond donors (Lipinski definition) is 0. The van der Waals surface area contributed by atoms with Gasteiger partial charge in [-0.25, -0.2) is 0 Å². The lowest BCUT2D eigenvalue weighted by Crippen LogP contribution is -2.41. The van der Waals surface area contributed by atoms with Crippen molar-refractivity contribution in [1.82, 2.24) is 29.3 Å². The third-order valence-electron chi connectivity index (χ3n) is 4.82. The minimum atomic E-state index is -0.0831. The SMILES string of the molecule is CC(C)Cc1nnc2c(=O)n3c(nn12)CN(CCc1ccccc1)CC3. The van der Waals surface area contributed by atoms with Crippen molar-refractivity contribution in [2.45, 2.75) is 39.8 Å². The van der Waals surface area contributed by atoms with E-state index < -0.39 is 0 Å². The smallest absolute Gasteiger partial charge is 0.294 e. The zero-order valence-corrected chi connectivity index (χ0v) is 15.3. The highest BCUT2D eigenvalue weighted by atomic mass is 16.1. The van der Waals surface area contributed by atoms with Gasteiger partial charge in [0.1, 0.15) is 5.82 Å². The van der Waals surface area contributed by atoms with Gasteiger partial charge in [-0.05, 0) is 17.9 Å². The molecule has 26 heavy (non-hydrogen) atoms. The van der Waals surface area contributed by atoms with E-state index in [4.69, 9.17) is 5.10 Å². The van der Waals surface area contributed by atoms with Crippen LogP contribution in [0.3, 0.4) is 0 Å². The second kappa shape index (κ2) is 6.99. The third kappa shape index (κ3) is 3.26. The summed E-state index contributed by atoms with van der Waals surface area (Å²) in [4.78, 5) is 15.1. The average Bonchev–Trinajstić information content (AvgIpc) is 3.03. The molecule has 0 saturated carbocycles. The average molecular weight is 352 g/mol. The second-order valence-electron chi connectivity index (χ2n) is 7.33. The molecule has 1 aliphatic heterocycles. The maximum absolute atomic E-state index is 12.7. The topological polar surface area (TPSA) is 68.3 Å². The molecule has 3 heterocycles. The Bertz CT molecular complexity index is 959. The van der Waals surface area contributed by atoms with E-state index in [9.17, 15) is 4.79 Å². The maximum atomic E-state index is 12.7. The first-order valence-electron chi connectivity index (χ1n) is 9.22. The molecular weight excluding hydrogens is 328 g/mol. The summed E-state index contributed by atoms with van der Waals surface area (Å²) in [6.07, 6.45) is 1.76. The minimum absolute atomic E-state index is 0.0831. The van der Waals surface area contributed by atoms with Crippen molar-refractivity contribution in [2.75, 3.05) is 13.1 Å². The van der Waals surface area contributed by atoms with Crippen LogP contribution >= 0.6 is 0 Å². The van der Waals surface area contributed by atoms with E-state index in [1.165, 1.54) is 5.56 Å². The molecule has 0 bridgehead atoms. The maximum Gasteiger partial charge on any atom is 0.299 e. The number of rotatable bonds is 5. The minimum Gasteiger partial charge on any atom is -0.294 e. The molecule has 0 unspecified atom stereocenters. The van der Waals surface area contributed by atoms with Crippen molar-refractivity contribution in [3.63, 3.8) is 0 Å². The first-order valence-corrected chi connectivity index (χ1v) is 9.22. The Balaban J connectivity index is 1.57. The molecule has 7 heteroatoms. The van der Waals surface area contributed by atoms with Crippen molar-refractivity contribution in [2.24, 2.45) is 5.92 Å². The summed E-state index contributed by atoms with van der Waals surface area (Å²) < 4.78 is 3.40. The Labute approximate surface area is 152 Å². The van der Waals surface area contributed by atoms with Crippen LogP contribution in [-0.4, -0.2) is 42.4 Å². The second-order valence-corrected chi connectivity index (χ2v) is 7.33. The summed E-state index contributed by atoms with van der Waals surface area (Å²) in [6, 6.07) is 10.5. The highest BCUT2D eigenvalue weighted by molar-refractivity contribution is 5.33. The Morgan fingerprint density at radius 3 is 2.69 bits per heavy atom. The molecule has 0 atom stereocenters. The van der Waals surface area contributed by atoms with Crippen LogP contribution < -0.4 is 5.56 Å². The van der Waals surface area contributed by atoms with Crippen LogP contribution in [0.15, 0.2) is 35.1 Å². The molecule has 3 aromatic rings. The molecular formula is C19H24N6O. The van der Waals surface area contributed by atoms with Crippen molar-refractivity contribution < 1.29 is 0 Å². The van der Waals surface area contributed by atoms with E-state index in [2.05, 4.69) is 53.2 Å².